The van der Waals surface area contributed by atoms with E-state index in [1.165, 1.54) is 0 Å². The van der Waals surface area contributed by atoms with Crippen LogP contribution in [-0.4, -0.2) is 50.2 Å². The summed E-state index contributed by atoms with van der Waals surface area (Å²) in [5, 5.41) is 0.915. The Kier molecular flexibility index (Phi) is 5.50. The highest BCUT2D eigenvalue weighted by molar-refractivity contribution is 7.84. The van der Waals surface area contributed by atoms with Crippen LogP contribution < -0.4 is 9.62 Å². The van der Waals surface area contributed by atoms with Crippen molar-refractivity contribution in [3.8, 4) is 0 Å². The number of hydrogen-bond acceptors (Lipinski definition) is 7. The van der Waals surface area contributed by atoms with Crippen molar-refractivity contribution in [1.82, 2.24) is 19.7 Å². The molecular formula is C19H24ClN5O3S. The molecule has 2 atom stereocenters. The number of hydrogen-bond donors (Lipinski definition) is 1. The minimum Gasteiger partial charge on any atom is -0.432 e. The number of rotatable bonds is 4. The fourth-order valence-corrected chi connectivity index (χ4v) is 4.11. The first-order chi connectivity index (χ1) is 13.7. The van der Waals surface area contributed by atoms with E-state index in [9.17, 15) is 4.21 Å². The SMILES string of the molecule is C[C@H](N[S@](=O)C(C)(C)C)c1cnc2oc3c(N4CCOCC4)nc(Cl)nc3c2c1. The number of nitrogens with one attached hydrogen (secondary N) is 1. The van der Waals surface area contributed by atoms with Crippen LogP contribution in [0.5, 0.6) is 0 Å². The molecule has 1 saturated heterocycles. The molecule has 29 heavy (non-hydrogen) atoms. The highest BCUT2D eigenvalue weighted by Gasteiger charge is 2.24. The first-order valence-electron chi connectivity index (χ1n) is 9.50. The zero-order valence-corrected chi connectivity index (χ0v) is 18.4. The first-order valence-corrected chi connectivity index (χ1v) is 11.0. The van der Waals surface area contributed by atoms with Crippen molar-refractivity contribution in [2.75, 3.05) is 31.2 Å². The molecule has 1 N–H and O–H groups in total. The number of aromatic nitrogens is 3. The number of halogens is 1. The van der Waals surface area contributed by atoms with Crippen molar-refractivity contribution in [3.63, 3.8) is 0 Å². The summed E-state index contributed by atoms with van der Waals surface area (Å²) in [4.78, 5) is 15.3. The molecule has 0 aliphatic carbocycles. The van der Waals surface area contributed by atoms with Gasteiger partial charge in [0.2, 0.25) is 11.0 Å². The van der Waals surface area contributed by atoms with Crippen molar-refractivity contribution in [3.05, 3.63) is 23.1 Å². The lowest BCUT2D eigenvalue weighted by Gasteiger charge is -2.27. The largest absolute Gasteiger partial charge is 0.432 e. The van der Waals surface area contributed by atoms with E-state index in [1.54, 1.807) is 6.20 Å². The van der Waals surface area contributed by atoms with Crippen LogP contribution in [0.1, 0.15) is 39.3 Å². The van der Waals surface area contributed by atoms with Crippen LogP contribution in [0.25, 0.3) is 22.2 Å². The predicted octanol–water partition coefficient (Wildman–Crippen LogP) is 3.37. The lowest BCUT2D eigenvalue weighted by atomic mass is 10.1. The number of nitrogens with zero attached hydrogens (tertiary/aromatic N) is 4. The number of pyridine rings is 1. The third-order valence-electron chi connectivity index (χ3n) is 4.80. The lowest BCUT2D eigenvalue weighted by molar-refractivity contribution is 0.122. The van der Waals surface area contributed by atoms with Crippen LogP contribution in [0.4, 0.5) is 5.82 Å². The van der Waals surface area contributed by atoms with Gasteiger partial charge < -0.3 is 14.1 Å². The molecule has 0 amide bonds. The van der Waals surface area contributed by atoms with E-state index >= 15 is 0 Å². The van der Waals surface area contributed by atoms with E-state index in [1.807, 2.05) is 33.8 Å². The molecule has 1 fully saturated rings. The van der Waals surface area contributed by atoms with Crippen LogP contribution in [0, 0.1) is 0 Å². The van der Waals surface area contributed by atoms with Crippen molar-refractivity contribution in [1.29, 1.82) is 0 Å². The van der Waals surface area contributed by atoms with Gasteiger partial charge in [0.1, 0.15) is 5.52 Å². The van der Waals surface area contributed by atoms with Gasteiger partial charge in [-0.15, -0.1) is 0 Å². The second-order valence-corrected chi connectivity index (χ2v) is 10.4. The number of furan rings is 1. The lowest BCUT2D eigenvalue weighted by Crippen LogP contribution is -2.36. The Morgan fingerprint density at radius 2 is 2.00 bits per heavy atom. The van der Waals surface area contributed by atoms with Crippen LogP contribution in [0.15, 0.2) is 16.7 Å². The summed E-state index contributed by atoms with van der Waals surface area (Å²) in [6.07, 6.45) is 1.73. The van der Waals surface area contributed by atoms with E-state index in [2.05, 4.69) is 24.6 Å². The van der Waals surface area contributed by atoms with Gasteiger partial charge in [-0.2, -0.15) is 4.98 Å². The Morgan fingerprint density at radius 1 is 1.28 bits per heavy atom. The van der Waals surface area contributed by atoms with Gasteiger partial charge in [-0.1, -0.05) is 0 Å². The maximum Gasteiger partial charge on any atom is 0.229 e. The summed E-state index contributed by atoms with van der Waals surface area (Å²) in [7, 11) is -1.20. The molecule has 8 nitrogen and oxygen atoms in total. The van der Waals surface area contributed by atoms with Gasteiger partial charge in [-0.3, -0.25) is 0 Å². The Morgan fingerprint density at radius 3 is 2.69 bits per heavy atom. The topological polar surface area (TPSA) is 93.4 Å². The molecule has 3 aromatic rings. The molecule has 0 saturated carbocycles. The number of fused-ring (bicyclic) bond motifs is 3. The molecule has 0 bridgehead atoms. The summed E-state index contributed by atoms with van der Waals surface area (Å²) in [5.41, 5.74) is 2.55. The minimum absolute atomic E-state index is 0.159. The fourth-order valence-electron chi connectivity index (χ4n) is 3.14. The first kappa shape index (κ1) is 20.5. The smallest absolute Gasteiger partial charge is 0.229 e. The Balaban J connectivity index is 1.76. The maximum atomic E-state index is 12.4. The average molecular weight is 438 g/mol. The quantitative estimate of drug-likeness (QED) is 0.625. The summed E-state index contributed by atoms with van der Waals surface area (Å²) in [6.45, 7) is 10.4. The summed E-state index contributed by atoms with van der Waals surface area (Å²) in [6, 6.07) is 1.80. The van der Waals surface area contributed by atoms with Crippen molar-refractivity contribution < 1.29 is 13.4 Å². The maximum absolute atomic E-state index is 12.4. The van der Waals surface area contributed by atoms with Crippen LogP contribution in [0.2, 0.25) is 5.28 Å². The third-order valence-corrected chi connectivity index (χ3v) is 6.65. The predicted molar refractivity (Wildman–Crippen MR) is 115 cm³/mol. The Labute approximate surface area is 176 Å². The molecule has 4 rings (SSSR count). The summed E-state index contributed by atoms with van der Waals surface area (Å²) >= 11 is 6.23. The molecule has 4 heterocycles. The molecule has 0 aromatic carbocycles. The Bertz CT molecular complexity index is 1080. The minimum atomic E-state index is -1.20. The third kappa shape index (κ3) is 4.09. The van der Waals surface area contributed by atoms with E-state index in [0.29, 0.717) is 48.9 Å². The van der Waals surface area contributed by atoms with Crippen molar-refractivity contribution >= 4 is 50.6 Å². The fraction of sp³-hybridized carbons (Fsp3) is 0.526. The molecule has 1 aliphatic heterocycles. The summed E-state index contributed by atoms with van der Waals surface area (Å²) < 4.78 is 26.7. The van der Waals surface area contributed by atoms with Crippen LogP contribution >= 0.6 is 11.6 Å². The average Bonchev–Trinajstić information content (AvgIpc) is 3.05. The molecular weight excluding hydrogens is 414 g/mol. The molecule has 0 radical (unpaired) electrons. The van der Waals surface area contributed by atoms with Gasteiger partial charge in [0.05, 0.1) is 34.3 Å². The highest BCUT2D eigenvalue weighted by atomic mass is 35.5. The molecule has 1 aliphatic rings. The van der Waals surface area contributed by atoms with E-state index in [4.69, 9.17) is 20.8 Å². The second kappa shape index (κ2) is 7.79. The van der Waals surface area contributed by atoms with Gasteiger partial charge >= 0.3 is 0 Å². The number of morpholine rings is 1. The van der Waals surface area contributed by atoms with Crippen molar-refractivity contribution in [2.24, 2.45) is 0 Å². The molecule has 10 heteroatoms. The number of anilines is 1. The molecule has 3 aromatic heterocycles. The van der Waals surface area contributed by atoms with Gasteiger partial charge in [0.15, 0.2) is 11.4 Å². The Hall–Kier alpha value is -1.81. The second-order valence-electron chi connectivity index (χ2n) is 8.04. The van der Waals surface area contributed by atoms with Gasteiger partial charge in [-0.25, -0.2) is 18.9 Å². The molecule has 156 valence electrons. The van der Waals surface area contributed by atoms with Gasteiger partial charge in [0.25, 0.3) is 0 Å². The molecule has 0 unspecified atom stereocenters. The van der Waals surface area contributed by atoms with Crippen LogP contribution in [-0.2, 0) is 15.7 Å². The normalized spacial score (nSPS) is 17.8. The van der Waals surface area contributed by atoms with Gasteiger partial charge in [-0.05, 0) is 50.9 Å². The van der Waals surface area contributed by atoms with Crippen molar-refractivity contribution in [2.45, 2.75) is 38.5 Å². The monoisotopic (exact) mass is 437 g/mol. The molecule has 0 spiro atoms. The highest BCUT2D eigenvalue weighted by Crippen LogP contribution is 2.34. The summed E-state index contributed by atoms with van der Waals surface area (Å²) in [5.74, 6) is 0.655. The standard InChI is InChI=1S/C19H24ClN5O3S/c1-11(24-29(26)19(2,3)4)12-9-13-14-15(28-17(13)21-10-12)16(23-18(20)22-14)25-5-7-27-8-6-25/h9-11,24H,5-8H2,1-4H3/t11-,29+/m0/s1. The number of ether oxygens (including phenoxy) is 1. The van der Waals surface area contributed by atoms with E-state index < -0.39 is 11.0 Å². The van der Waals surface area contributed by atoms with Crippen LogP contribution in [0.3, 0.4) is 0 Å². The zero-order valence-electron chi connectivity index (χ0n) is 16.9. The van der Waals surface area contributed by atoms with E-state index in [0.717, 1.165) is 10.9 Å². The van der Waals surface area contributed by atoms with E-state index in [-0.39, 0.29) is 16.1 Å². The van der Waals surface area contributed by atoms with Gasteiger partial charge in [0, 0.05) is 25.3 Å². The zero-order chi connectivity index (χ0) is 20.8.